The number of nitrogens with zero attached hydrogens (tertiary/aromatic N) is 2. The third kappa shape index (κ3) is 3.80. The maximum atomic E-state index is 11.1. The molecule has 0 aromatic carbocycles. The van der Waals surface area contributed by atoms with Crippen LogP contribution in [-0.4, -0.2) is 27.4 Å². The van der Waals surface area contributed by atoms with Crippen molar-refractivity contribution in [3.05, 3.63) is 18.0 Å². The van der Waals surface area contributed by atoms with Gasteiger partial charge in [-0.25, -0.2) is 0 Å². The van der Waals surface area contributed by atoms with E-state index >= 15 is 0 Å². The summed E-state index contributed by atoms with van der Waals surface area (Å²) < 4.78 is 2.02. The number of carboxylic acid groups (broad SMARTS) is 1. The van der Waals surface area contributed by atoms with E-state index in [4.69, 9.17) is 10.8 Å². The normalized spacial score (nSPS) is 18.4. The van der Waals surface area contributed by atoms with Gasteiger partial charge in [0.15, 0.2) is 0 Å². The summed E-state index contributed by atoms with van der Waals surface area (Å²) in [6, 6.07) is 2.45. The lowest BCUT2D eigenvalue weighted by molar-refractivity contribution is -0.141. The Morgan fingerprint density at radius 2 is 2.21 bits per heavy atom. The van der Waals surface area contributed by atoms with Gasteiger partial charge in [-0.05, 0) is 31.9 Å². The molecular formula is C14H23N3O2. The first-order chi connectivity index (χ1) is 9.20. The van der Waals surface area contributed by atoms with Gasteiger partial charge in [0.05, 0.1) is 17.7 Å². The average molecular weight is 265 g/mol. The highest BCUT2D eigenvalue weighted by Gasteiger charge is 2.20. The van der Waals surface area contributed by atoms with Gasteiger partial charge in [-0.15, -0.1) is 0 Å². The lowest BCUT2D eigenvalue weighted by Crippen LogP contribution is -2.21. The zero-order valence-corrected chi connectivity index (χ0v) is 11.3. The van der Waals surface area contributed by atoms with Gasteiger partial charge in [-0.2, -0.15) is 5.10 Å². The summed E-state index contributed by atoms with van der Waals surface area (Å²) in [5.74, 6) is -1.20. The molecular weight excluding hydrogens is 242 g/mol. The minimum Gasteiger partial charge on any atom is -0.481 e. The quantitative estimate of drug-likeness (QED) is 0.824. The summed E-state index contributed by atoms with van der Waals surface area (Å²) in [7, 11) is 0. The molecule has 1 unspecified atom stereocenters. The fourth-order valence-electron chi connectivity index (χ4n) is 2.80. The summed E-state index contributed by atoms with van der Waals surface area (Å²) in [5.41, 5.74) is 6.32. The molecule has 0 radical (unpaired) electrons. The third-order valence-electron chi connectivity index (χ3n) is 3.93. The van der Waals surface area contributed by atoms with E-state index < -0.39 is 11.9 Å². The van der Waals surface area contributed by atoms with Gasteiger partial charge < -0.3 is 10.8 Å². The Morgan fingerprint density at radius 3 is 2.84 bits per heavy atom. The Kier molecular flexibility index (Phi) is 4.96. The van der Waals surface area contributed by atoms with Crippen LogP contribution in [0.2, 0.25) is 0 Å². The molecule has 1 aromatic heterocycles. The number of hydrogen-bond donors (Lipinski definition) is 2. The van der Waals surface area contributed by atoms with Crippen LogP contribution >= 0.6 is 0 Å². The highest BCUT2D eigenvalue weighted by Crippen LogP contribution is 2.27. The highest BCUT2D eigenvalue weighted by molar-refractivity contribution is 5.70. The topological polar surface area (TPSA) is 81.1 Å². The van der Waals surface area contributed by atoms with Crippen molar-refractivity contribution in [2.75, 3.05) is 6.54 Å². The van der Waals surface area contributed by atoms with Gasteiger partial charge in [-0.3, -0.25) is 9.48 Å². The zero-order chi connectivity index (χ0) is 13.7. The predicted molar refractivity (Wildman–Crippen MR) is 72.9 cm³/mol. The molecule has 106 valence electrons. The smallest absolute Gasteiger partial charge is 0.306 e. The monoisotopic (exact) mass is 265 g/mol. The second-order valence-corrected chi connectivity index (χ2v) is 5.40. The van der Waals surface area contributed by atoms with E-state index in [0.717, 1.165) is 5.69 Å². The van der Waals surface area contributed by atoms with Crippen LogP contribution in [0.1, 0.15) is 50.3 Å². The number of carbonyl (C=O) groups is 1. The molecule has 0 spiro atoms. The van der Waals surface area contributed by atoms with Crippen molar-refractivity contribution in [2.24, 2.45) is 11.7 Å². The van der Waals surface area contributed by atoms with Crippen molar-refractivity contribution in [3.8, 4) is 0 Å². The Hall–Kier alpha value is -1.36. The van der Waals surface area contributed by atoms with E-state index in [1.807, 2.05) is 16.9 Å². The first-order valence-corrected chi connectivity index (χ1v) is 7.17. The predicted octanol–water partition coefficient (Wildman–Crippen LogP) is 1.98. The zero-order valence-electron chi connectivity index (χ0n) is 11.3. The van der Waals surface area contributed by atoms with Crippen LogP contribution in [0, 0.1) is 5.92 Å². The highest BCUT2D eigenvalue weighted by atomic mass is 16.4. The molecule has 1 aromatic rings. The summed E-state index contributed by atoms with van der Waals surface area (Å²) in [5, 5.41) is 13.7. The second kappa shape index (κ2) is 6.70. The van der Waals surface area contributed by atoms with Crippen LogP contribution in [0.5, 0.6) is 0 Å². The summed E-state index contributed by atoms with van der Waals surface area (Å²) in [6.45, 7) is 0.403. The molecule has 1 aliphatic carbocycles. The maximum absolute atomic E-state index is 11.1. The first-order valence-electron chi connectivity index (χ1n) is 7.17. The van der Waals surface area contributed by atoms with E-state index in [2.05, 4.69) is 5.10 Å². The number of hydrogen-bond acceptors (Lipinski definition) is 3. The SMILES string of the molecule is NCCC(Cc1ccn(C2CCCCC2)n1)C(=O)O. The molecule has 19 heavy (non-hydrogen) atoms. The minimum absolute atomic E-state index is 0.403. The van der Waals surface area contributed by atoms with Gasteiger partial charge >= 0.3 is 5.97 Å². The molecule has 1 aliphatic rings. The van der Waals surface area contributed by atoms with Crippen LogP contribution in [0.4, 0.5) is 0 Å². The van der Waals surface area contributed by atoms with Crippen molar-refractivity contribution >= 4 is 5.97 Å². The minimum atomic E-state index is -0.780. The van der Waals surface area contributed by atoms with E-state index in [1.54, 1.807) is 0 Å². The van der Waals surface area contributed by atoms with Crippen LogP contribution in [0.3, 0.4) is 0 Å². The van der Waals surface area contributed by atoms with Crippen molar-refractivity contribution in [3.63, 3.8) is 0 Å². The largest absolute Gasteiger partial charge is 0.481 e. The molecule has 2 rings (SSSR count). The first kappa shape index (κ1) is 14.1. The molecule has 5 nitrogen and oxygen atoms in total. The van der Waals surface area contributed by atoms with E-state index in [-0.39, 0.29) is 0 Å². The molecule has 1 fully saturated rings. The van der Waals surface area contributed by atoms with E-state index in [1.165, 1.54) is 32.1 Å². The Balaban J connectivity index is 1.97. The van der Waals surface area contributed by atoms with Gasteiger partial charge in [0.2, 0.25) is 0 Å². The number of carboxylic acids is 1. The van der Waals surface area contributed by atoms with Gasteiger partial charge in [0.25, 0.3) is 0 Å². The van der Waals surface area contributed by atoms with Crippen molar-refractivity contribution < 1.29 is 9.90 Å². The lowest BCUT2D eigenvalue weighted by atomic mass is 9.96. The number of nitrogens with two attached hydrogens (primary N) is 1. The van der Waals surface area contributed by atoms with E-state index in [0.29, 0.717) is 25.4 Å². The van der Waals surface area contributed by atoms with Crippen molar-refractivity contribution in [2.45, 2.75) is 51.0 Å². The molecule has 0 aliphatic heterocycles. The van der Waals surface area contributed by atoms with Gasteiger partial charge in [0, 0.05) is 12.6 Å². The molecule has 1 saturated carbocycles. The Morgan fingerprint density at radius 1 is 1.47 bits per heavy atom. The summed E-state index contributed by atoms with van der Waals surface area (Å²) in [4.78, 5) is 11.1. The average Bonchev–Trinajstić information content (AvgIpc) is 2.88. The number of aliphatic carboxylic acids is 1. The molecule has 0 saturated heterocycles. The lowest BCUT2D eigenvalue weighted by Gasteiger charge is -2.21. The number of aromatic nitrogens is 2. The van der Waals surface area contributed by atoms with Crippen LogP contribution in [0.25, 0.3) is 0 Å². The van der Waals surface area contributed by atoms with Crippen LogP contribution < -0.4 is 5.73 Å². The molecule has 1 atom stereocenters. The van der Waals surface area contributed by atoms with Crippen molar-refractivity contribution in [1.82, 2.24) is 9.78 Å². The summed E-state index contributed by atoms with van der Waals surface area (Å²) in [6.07, 6.45) is 9.21. The van der Waals surface area contributed by atoms with Crippen LogP contribution in [0.15, 0.2) is 12.3 Å². The standard InChI is InChI=1S/C14H23N3O2/c15-8-6-11(14(18)19)10-12-7-9-17(16-12)13-4-2-1-3-5-13/h7,9,11,13H,1-6,8,10,15H2,(H,18,19). The van der Waals surface area contributed by atoms with Gasteiger partial charge in [-0.1, -0.05) is 19.3 Å². The fourth-order valence-corrected chi connectivity index (χ4v) is 2.80. The Labute approximate surface area is 113 Å². The molecule has 0 bridgehead atoms. The summed E-state index contributed by atoms with van der Waals surface area (Å²) >= 11 is 0. The maximum Gasteiger partial charge on any atom is 0.306 e. The Bertz CT molecular complexity index is 411. The second-order valence-electron chi connectivity index (χ2n) is 5.40. The van der Waals surface area contributed by atoms with Gasteiger partial charge in [0.1, 0.15) is 0 Å². The van der Waals surface area contributed by atoms with Crippen molar-refractivity contribution in [1.29, 1.82) is 0 Å². The molecule has 3 N–H and O–H groups in total. The molecule has 5 heteroatoms. The number of rotatable bonds is 6. The van der Waals surface area contributed by atoms with E-state index in [9.17, 15) is 4.79 Å². The van der Waals surface area contributed by atoms with Crippen LogP contribution in [-0.2, 0) is 11.2 Å². The fraction of sp³-hybridized carbons (Fsp3) is 0.714. The third-order valence-corrected chi connectivity index (χ3v) is 3.93. The molecule has 0 amide bonds. The molecule has 1 heterocycles.